The second-order valence-corrected chi connectivity index (χ2v) is 7.89. The van der Waals surface area contributed by atoms with Crippen LogP contribution in [0.1, 0.15) is 25.3 Å². The van der Waals surface area contributed by atoms with Crippen molar-refractivity contribution in [3.63, 3.8) is 0 Å². The fraction of sp³-hybridized carbons (Fsp3) is 0.227. The van der Waals surface area contributed by atoms with Gasteiger partial charge in [0, 0.05) is 35.9 Å². The van der Waals surface area contributed by atoms with Crippen molar-refractivity contribution in [2.24, 2.45) is 0 Å². The van der Waals surface area contributed by atoms with Gasteiger partial charge in [0.2, 0.25) is 11.8 Å². The lowest BCUT2D eigenvalue weighted by molar-refractivity contribution is -0.119. The number of hydrogen-bond acceptors (Lipinski definition) is 5. The van der Waals surface area contributed by atoms with E-state index in [1.807, 2.05) is 29.6 Å². The molecule has 0 aliphatic heterocycles. The van der Waals surface area contributed by atoms with Gasteiger partial charge in [-0.2, -0.15) is 0 Å². The minimum Gasteiger partial charge on any atom is -0.494 e. The zero-order valence-electron chi connectivity index (χ0n) is 16.5. The van der Waals surface area contributed by atoms with Gasteiger partial charge < -0.3 is 15.4 Å². The van der Waals surface area contributed by atoms with Gasteiger partial charge in [0.25, 0.3) is 0 Å². The van der Waals surface area contributed by atoms with Gasteiger partial charge in [0.15, 0.2) is 5.13 Å². The first-order valence-electron chi connectivity index (χ1n) is 9.47. The third kappa shape index (κ3) is 6.86. The van der Waals surface area contributed by atoms with Crippen LogP contribution in [0.4, 0.5) is 5.13 Å². The third-order valence-corrected chi connectivity index (χ3v) is 5.18. The highest BCUT2D eigenvalue weighted by Gasteiger charge is 2.08. The topological polar surface area (TPSA) is 80.3 Å². The van der Waals surface area contributed by atoms with Gasteiger partial charge in [-0.05, 0) is 36.2 Å². The highest BCUT2D eigenvalue weighted by atomic mass is 35.5. The van der Waals surface area contributed by atoms with Crippen molar-refractivity contribution in [1.82, 2.24) is 10.3 Å². The number of carbonyl (C=O) groups is 2. The lowest BCUT2D eigenvalue weighted by Crippen LogP contribution is -2.18. The molecule has 8 heteroatoms. The van der Waals surface area contributed by atoms with Crippen molar-refractivity contribution in [3.05, 3.63) is 64.5 Å². The Labute approximate surface area is 184 Å². The summed E-state index contributed by atoms with van der Waals surface area (Å²) in [5.41, 5.74) is 2.76. The van der Waals surface area contributed by atoms with Crippen molar-refractivity contribution in [2.75, 3.05) is 11.9 Å². The van der Waals surface area contributed by atoms with E-state index in [0.29, 0.717) is 36.1 Å². The van der Waals surface area contributed by atoms with Crippen LogP contribution in [0, 0.1) is 0 Å². The van der Waals surface area contributed by atoms with E-state index in [4.69, 9.17) is 16.3 Å². The number of benzene rings is 2. The predicted molar refractivity (Wildman–Crippen MR) is 120 cm³/mol. The Morgan fingerprint density at radius 2 is 1.83 bits per heavy atom. The Balaban J connectivity index is 1.43. The maximum Gasteiger partial charge on any atom is 0.226 e. The molecule has 0 unspecified atom stereocenters. The van der Waals surface area contributed by atoms with E-state index < -0.39 is 0 Å². The summed E-state index contributed by atoms with van der Waals surface area (Å²) in [5.74, 6) is 0.573. The fourth-order valence-corrected chi connectivity index (χ4v) is 3.48. The van der Waals surface area contributed by atoms with Gasteiger partial charge in [-0.1, -0.05) is 35.9 Å². The van der Waals surface area contributed by atoms with Gasteiger partial charge in [0.05, 0.1) is 12.3 Å². The molecule has 0 spiro atoms. The highest BCUT2D eigenvalue weighted by Crippen LogP contribution is 2.25. The predicted octanol–water partition coefficient (Wildman–Crippen LogP) is 4.90. The molecule has 0 saturated carbocycles. The molecule has 0 radical (unpaired) electrons. The molecule has 0 saturated heterocycles. The van der Waals surface area contributed by atoms with Crippen LogP contribution in [0.3, 0.4) is 0 Å². The van der Waals surface area contributed by atoms with Crippen LogP contribution >= 0.6 is 22.9 Å². The summed E-state index contributed by atoms with van der Waals surface area (Å²) in [6, 6.07) is 14.9. The fourth-order valence-electron chi connectivity index (χ4n) is 2.62. The van der Waals surface area contributed by atoms with E-state index in [0.717, 1.165) is 22.6 Å². The minimum atomic E-state index is -0.0961. The van der Waals surface area contributed by atoms with Crippen LogP contribution in [-0.4, -0.2) is 23.4 Å². The standard InChI is InChI=1S/C22H22ClN3O3S/c1-15(27)24-13-16-4-6-17(7-5-16)20-14-30-22(25-20)26-21(28)3-2-12-29-19-10-8-18(23)9-11-19/h4-11,14H,2-3,12-13H2,1H3,(H,24,27)(H,25,26,28). The number of carbonyl (C=O) groups excluding carboxylic acids is 2. The van der Waals surface area contributed by atoms with Crippen LogP contribution in [0.15, 0.2) is 53.9 Å². The summed E-state index contributed by atoms with van der Waals surface area (Å²) >= 11 is 7.22. The molecular weight excluding hydrogens is 422 g/mol. The van der Waals surface area contributed by atoms with E-state index in [1.54, 1.807) is 24.3 Å². The van der Waals surface area contributed by atoms with Gasteiger partial charge in [-0.25, -0.2) is 4.98 Å². The zero-order valence-corrected chi connectivity index (χ0v) is 18.1. The molecule has 0 aliphatic carbocycles. The molecule has 6 nitrogen and oxygen atoms in total. The summed E-state index contributed by atoms with van der Waals surface area (Å²) in [5, 5.41) is 8.72. The van der Waals surface area contributed by atoms with Crippen LogP contribution in [-0.2, 0) is 16.1 Å². The highest BCUT2D eigenvalue weighted by molar-refractivity contribution is 7.14. The summed E-state index contributed by atoms with van der Waals surface area (Å²) < 4.78 is 5.59. The molecule has 0 fully saturated rings. The quantitative estimate of drug-likeness (QED) is 0.461. The van der Waals surface area contributed by atoms with Crippen molar-refractivity contribution >= 4 is 39.9 Å². The minimum absolute atomic E-state index is 0.0597. The van der Waals surface area contributed by atoms with Gasteiger partial charge in [-0.15, -0.1) is 11.3 Å². The Morgan fingerprint density at radius 1 is 1.10 bits per heavy atom. The number of aromatic nitrogens is 1. The number of amides is 2. The van der Waals surface area contributed by atoms with Crippen LogP contribution in [0.5, 0.6) is 5.75 Å². The van der Waals surface area contributed by atoms with Crippen LogP contribution in [0.2, 0.25) is 5.02 Å². The average Bonchev–Trinajstić information content (AvgIpc) is 3.19. The molecule has 2 aromatic carbocycles. The third-order valence-electron chi connectivity index (χ3n) is 4.17. The lowest BCUT2D eigenvalue weighted by atomic mass is 10.1. The van der Waals surface area contributed by atoms with E-state index >= 15 is 0 Å². The Bertz CT molecular complexity index is 988. The molecule has 0 bridgehead atoms. The summed E-state index contributed by atoms with van der Waals surface area (Å²) in [6.07, 6.45) is 0.947. The Morgan fingerprint density at radius 3 is 2.53 bits per heavy atom. The number of hydrogen-bond donors (Lipinski definition) is 2. The monoisotopic (exact) mass is 443 g/mol. The Hall–Kier alpha value is -2.90. The molecule has 2 amide bonds. The average molecular weight is 444 g/mol. The molecule has 156 valence electrons. The first-order chi connectivity index (χ1) is 14.5. The van der Waals surface area contributed by atoms with E-state index in [9.17, 15) is 9.59 Å². The van der Waals surface area contributed by atoms with E-state index in [-0.39, 0.29) is 11.8 Å². The number of thiazole rings is 1. The second-order valence-electron chi connectivity index (χ2n) is 6.60. The molecule has 30 heavy (non-hydrogen) atoms. The zero-order chi connectivity index (χ0) is 21.3. The number of nitrogens with one attached hydrogen (secondary N) is 2. The molecule has 3 aromatic rings. The van der Waals surface area contributed by atoms with Crippen LogP contribution in [0.25, 0.3) is 11.3 Å². The van der Waals surface area contributed by atoms with Crippen molar-refractivity contribution in [2.45, 2.75) is 26.3 Å². The smallest absolute Gasteiger partial charge is 0.226 e. The van der Waals surface area contributed by atoms with Crippen molar-refractivity contribution in [3.8, 4) is 17.0 Å². The lowest BCUT2D eigenvalue weighted by Gasteiger charge is -2.06. The van der Waals surface area contributed by atoms with Gasteiger partial charge in [0.1, 0.15) is 5.75 Å². The number of halogens is 1. The maximum absolute atomic E-state index is 12.1. The molecule has 1 heterocycles. The van der Waals surface area contributed by atoms with E-state index in [1.165, 1.54) is 18.3 Å². The molecule has 0 atom stereocenters. The SMILES string of the molecule is CC(=O)NCc1ccc(-c2csc(NC(=O)CCCOc3ccc(Cl)cc3)n2)cc1. The normalized spacial score (nSPS) is 10.5. The first kappa shape index (κ1) is 21.8. The molecular formula is C22H22ClN3O3S. The van der Waals surface area contributed by atoms with Crippen LogP contribution < -0.4 is 15.4 Å². The largest absolute Gasteiger partial charge is 0.494 e. The molecule has 1 aromatic heterocycles. The molecule has 2 N–H and O–H groups in total. The summed E-state index contributed by atoms with van der Waals surface area (Å²) in [7, 11) is 0. The molecule has 0 aliphatic rings. The number of anilines is 1. The van der Waals surface area contributed by atoms with Crippen molar-refractivity contribution < 1.29 is 14.3 Å². The molecule has 3 rings (SSSR count). The van der Waals surface area contributed by atoms with Gasteiger partial charge >= 0.3 is 0 Å². The van der Waals surface area contributed by atoms with Crippen molar-refractivity contribution in [1.29, 1.82) is 0 Å². The number of nitrogens with zero attached hydrogens (tertiary/aromatic N) is 1. The number of rotatable bonds is 9. The second kappa shape index (κ2) is 10.8. The first-order valence-corrected chi connectivity index (χ1v) is 10.7. The van der Waals surface area contributed by atoms with Gasteiger partial charge in [-0.3, -0.25) is 9.59 Å². The summed E-state index contributed by atoms with van der Waals surface area (Å²) in [6.45, 7) is 2.44. The number of ether oxygens (including phenoxy) is 1. The maximum atomic E-state index is 12.1. The Kier molecular flexibility index (Phi) is 7.82. The summed E-state index contributed by atoms with van der Waals surface area (Å²) in [4.78, 5) is 27.6. The van der Waals surface area contributed by atoms with E-state index in [2.05, 4.69) is 15.6 Å².